The molecule has 1 aromatic heterocycles. The molecule has 1 aliphatic heterocycles. The van der Waals surface area contributed by atoms with E-state index < -0.39 is 0 Å². The third kappa shape index (κ3) is 2.26. The van der Waals surface area contributed by atoms with E-state index in [-0.39, 0.29) is 17.8 Å². The van der Waals surface area contributed by atoms with Gasteiger partial charge in [-0.3, -0.25) is 9.78 Å². The number of amides is 1. The molecule has 1 saturated heterocycles. The predicted molar refractivity (Wildman–Crippen MR) is 76.1 cm³/mol. The minimum Gasteiger partial charge on any atom is -0.336 e. The number of likely N-dealkylation sites (tertiary alicyclic amines) is 1. The van der Waals surface area contributed by atoms with E-state index in [9.17, 15) is 9.18 Å². The van der Waals surface area contributed by atoms with Crippen LogP contribution in [0.4, 0.5) is 4.39 Å². The minimum atomic E-state index is -0.354. The van der Waals surface area contributed by atoms with Crippen LogP contribution in [-0.2, 0) is 0 Å². The second-order valence-corrected chi connectivity index (χ2v) is 5.38. The van der Waals surface area contributed by atoms with E-state index in [2.05, 4.69) is 11.9 Å². The van der Waals surface area contributed by atoms with Crippen molar-refractivity contribution >= 4 is 16.8 Å². The summed E-state index contributed by atoms with van der Waals surface area (Å²) in [6.45, 7) is 2.87. The number of para-hydroxylation sites is 1. The number of fused-ring (bicyclic) bond motifs is 1. The maximum absolute atomic E-state index is 13.6. The van der Waals surface area contributed by atoms with E-state index in [4.69, 9.17) is 0 Å². The van der Waals surface area contributed by atoms with Crippen molar-refractivity contribution in [1.82, 2.24) is 9.88 Å². The number of benzene rings is 1. The Morgan fingerprint density at radius 1 is 1.40 bits per heavy atom. The van der Waals surface area contributed by atoms with Gasteiger partial charge in [-0.15, -0.1) is 0 Å². The summed E-state index contributed by atoms with van der Waals surface area (Å²) in [7, 11) is 0. The molecule has 1 atom stereocenters. The first kappa shape index (κ1) is 13.0. The highest BCUT2D eigenvalue weighted by atomic mass is 19.1. The number of aromatic nitrogens is 1. The highest BCUT2D eigenvalue weighted by Gasteiger charge is 2.24. The zero-order chi connectivity index (χ0) is 14.1. The lowest BCUT2D eigenvalue weighted by Gasteiger charge is -2.33. The number of halogens is 1. The SMILES string of the molecule is CC1CCCCN1C(=O)c1cnc2c(F)cccc2c1. The fourth-order valence-electron chi connectivity index (χ4n) is 2.81. The lowest BCUT2D eigenvalue weighted by Crippen LogP contribution is -2.42. The van der Waals surface area contributed by atoms with Gasteiger partial charge in [-0.2, -0.15) is 0 Å². The molecule has 0 N–H and O–H groups in total. The van der Waals surface area contributed by atoms with E-state index in [1.807, 2.05) is 4.90 Å². The van der Waals surface area contributed by atoms with Crippen LogP contribution in [0.2, 0.25) is 0 Å². The summed E-state index contributed by atoms with van der Waals surface area (Å²) < 4.78 is 13.6. The molecular formula is C16H17FN2O. The van der Waals surface area contributed by atoms with Gasteiger partial charge in [-0.1, -0.05) is 12.1 Å². The summed E-state index contributed by atoms with van der Waals surface area (Å²) in [5.74, 6) is -0.358. The molecule has 0 spiro atoms. The molecule has 0 radical (unpaired) electrons. The standard InChI is InChI=1S/C16H17FN2O/c1-11-5-2-3-8-19(11)16(20)13-9-12-6-4-7-14(17)15(12)18-10-13/h4,6-7,9-11H,2-3,5,8H2,1H3. The molecule has 0 bridgehead atoms. The maximum Gasteiger partial charge on any atom is 0.255 e. The van der Waals surface area contributed by atoms with Gasteiger partial charge in [-0.05, 0) is 38.3 Å². The number of rotatable bonds is 1. The summed E-state index contributed by atoms with van der Waals surface area (Å²) >= 11 is 0. The molecule has 1 aliphatic rings. The van der Waals surface area contributed by atoms with E-state index in [0.29, 0.717) is 16.5 Å². The Morgan fingerprint density at radius 2 is 2.25 bits per heavy atom. The molecule has 1 amide bonds. The predicted octanol–water partition coefficient (Wildman–Crippen LogP) is 3.39. The van der Waals surface area contributed by atoms with E-state index >= 15 is 0 Å². The van der Waals surface area contributed by atoms with Crippen LogP contribution in [0.3, 0.4) is 0 Å². The fraction of sp³-hybridized carbons (Fsp3) is 0.375. The molecule has 3 rings (SSSR count). The molecule has 3 nitrogen and oxygen atoms in total. The van der Waals surface area contributed by atoms with Crippen LogP contribution < -0.4 is 0 Å². The Hall–Kier alpha value is -1.97. The average molecular weight is 272 g/mol. The van der Waals surface area contributed by atoms with Gasteiger partial charge in [0.05, 0.1) is 5.56 Å². The van der Waals surface area contributed by atoms with Crippen molar-refractivity contribution < 1.29 is 9.18 Å². The van der Waals surface area contributed by atoms with Crippen molar-refractivity contribution in [1.29, 1.82) is 0 Å². The lowest BCUT2D eigenvalue weighted by atomic mass is 10.0. The van der Waals surface area contributed by atoms with Gasteiger partial charge in [0, 0.05) is 24.2 Å². The first-order valence-electron chi connectivity index (χ1n) is 7.02. The number of hydrogen-bond donors (Lipinski definition) is 0. The molecule has 0 aliphatic carbocycles. The summed E-state index contributed by atoms with van der Waals surface area (Å²) in [6.07, 6.45) is 4.74. The van der Waals surface area contributed by atoms with E-state index in [0.717, 1.165) is 19.4 Å². The second-order valence-electron chi connectivity index (χ2n) is 5.38. The number of piperidine rings is 1. The summed E-state index contributed by atoms with van der Waals surface area (Å²) in [4.78, 5) is 18.5. The number of carbonyl (C=O) groups excluding carboxylic acids is 1. The molecule has 2 aromatic rings. The average Bonchev–Trinajstić information content (AvgIpc) is 2.47. The third-order valence-electron chi connectivity index (χ3n) is 3.97. The Balaban J connectivity index is 1.95. The smallest absolute Gasteiger partial charge is 0.255 e. The molecule has 1 fully saturated rings. The molecule has 104 valence electrons. The molecule has 0 saturated carbocycles. The Kier molecular flexibility index (Phi) is 3.38. The van der Waals surface area contributed by atoms with Gasteiger partial charge in [0.1, 0.15) is 11.3 Å². The summed E-state index contributed by atoms with van der Waals surface area (Å²) in [5, 5.41) is 0.667. The number of pyridine rings is 1. The molecular weight excluding hydrogens is 255 g/mol. The third-order valence-corrected chi connectivity index (χ3v) is 3.97. The monoisotopic (exact) mass is 272 g/mol. The molecule has 20 heavy (non-hydrogen) atoms. The summed E-state index contributed by atoms with van der Waals surface area (Å²) in [6, 6.07) is 6.79. The van der Waals surface area contributed by atoms with Crippen LogP contribution in [0.1, 0.15) is 36.5 Å². The van der Waals surface area contributed by atoms with Crippen molar-refractivity contribution in [2.24, 2.45) is 0 Å². The van der Waals surface area contributed by atoms with Crippen LogP contribution in [0, 0.1) is 5.82 Å². The van der Waals surface area contributed by atoms with Gasteiger partial charge < -0.3 is 4.90 Å². The largest absolute Gasteiger partial charge is 0.336 e. The van der Waals surface area contributed by atoms with Gasteiger partial charge in [0.15, 0.2) is 0 Å². The van der Waals surface area contributed by atoms with E-state index in [1.165, 1.54) is 18.7 Å². The Labute approximate surface area is 117 Å². The van der Waals surface area contributed by atoms with Crippen LogP contribution in [-0.4, -0.2) is 28.4 Å². The molecule has 1 unspecified atom stereocenters. The van der Waals surface area contributed by atoms with Gasteiger partial charge >= 0.3 is 0 Å². The van der Waals surface area contributed by atoms with Gasteiger partial charge in [-0.25, -0.2) is 4.39 Å². The maximum atomic E-state index is 13.6. The van der Waals surface area contributed by atoms with Crippen LogP contribution in [0.15, 0.2) is 30.5 Å². The molecule has 2 heterocycles. The minimum absolute atomic E-state index is 0.00383. The van der Waals surface area contributed by atoms with Crippen LogP contribution in [0.25, 0.3) is 10.9 Å². The highest BCUT2D eigenvalue weighted by Crippen LogP contribution is 2.21. The van der Waals surface area contributed by atoms with Crippen molar-refractivity contribution in [3.63, 3.8) is 0 Å². The first-order chi connectivity index (χ1) is 9.66. The lowest BCUT2D eigenvalue weighted by molar-refractivity contribution is 0.0635. The second kappa shape index (κ2) is 5.19. The van der Waals surface area contributed by atoms with Crippen molar-refractivity contribution in [3.05, 3.63) is 41.8 Å². The molecule has 1 aromatic carbocycles. The van der Waals surface area contributed by atoms with Crippen molar-refractivity contribution in [3.8, 4) is 0 Å². The number of hydrogen-bond acceptors (Lipinski definition) is 2. The Bertz CT molecular complexity index is 656. The highest BCUT2D eigenvalue weighted by molar-refractivity contribution is 5.97. The van der Waals surface area contributed by atoms with Crippen molar-refractivity contribution in [2.75, 3.05) is 6.54 Å². The fourth-order valence-corrected chi connectivity index (χ4v) is 2.81. The topological polar surface area (TPSA) is 33.2 Å². The first-order valence-corrected chi connectivity index (χ1v) is 7.02. The van der Waals surface area contributed by atoms with Gasteiger partial charge in [0.25, 0.3) is 5.91 Å². The molecule has 4 heteroatoms. The zero-order valence-electron chi connectivity index (χ0n) is 11.5. The van der Waals surface area contributed by atoms with Gasteiger partial charge in [0.2, 0.25) is 0 Å². The quantitative estimate of drug-likeness (QED) is 0.797. The Morgan fingerprint density at radius 3 is 3.05 bits per heavy atom. The normalized spacial score (nSPS) is 19.3. The van der Waals surface area contributed by atoms with Crippen molar-refractivity contribution in [2.45, 2.75) is 32.2 Å². The summed E-state index contributed by atoms with van der Waals surface area (Å²) in [5.41, 5.74) is 0.854. The van der Waals surface area contributed by atoms with Crippen LogP contribution >= 0.6 is 0 Å². The number of nitrogens with zero attached hydrogens (tertiary/aromatic N) is 2. The number of carbonyl (C=O) groups is 1. The van der Waals surface area contributed by atoms with E-state index in [1.54, 1.807) is 18.2 Å². The van der Waals surface area contributed by atoms with Crippen LogP contribution in [0.5, 0.6) is 0 Å². The zero-order valence-corrected chi connectivity index (χ0v) is 11.5.